The second kappa shape index (κ2) is 7.91. The van der Waals surface area contributed by atoms with Gasteiger partial charge in [-0.1, -0.05) is 60.2 Å². The highest BCUT2D eigenvalue weighted by molar-refractivity contribution is 5.87. The summed E-state index contributed by atoms with van der Waals surface area (Å²) in [7, 11) is 1.72. The van der Waals surface area contributed by atoms with Gasteiger partial charge in [0.25, 0.3) is 0 Å². The highest BCUT2D eigenvalue weighted by atomic mass is 14.9. The molecule has 0 N–H and O–H groups in total. The van der Waals surface area contributed by atoms with Gasteiger partial charge in [-0.05, 0) is 79.4 Å². The maximum atomic E-state index is 8.41. The van der Waals surface area contributed by atoms with Crippen LogP contribution < -0.4 is 4.57 Å². The summed E-state index contributed by atoms with van der Waals surface area (Å²) in [5.41, 5.74) is 4.98. The molecule has 0 unspecified atom stereocenters. The van der Waals surface area contributed by atoms with Crippen LogP contribution in [0.3, 0.4) is 0 Å². The highest BCUT2D eigenvalue weighted by Crippen LogP contribution is 2.38. The van der Waals surface area contributed by atoms with Crippen LogP contribution in [0, 0.1) is 34.4 Å². The summed E-state index contributed by atoms with van der Waals surface area (Å²) in [4.78, 5) is 0. The number of rotatable bonds is 3. The van der Waals surface area contributed by atoms with Gasteiger partial charge >= 0.3 is 0 Å². The number of nitrogens with zero attached hydrogens (tertiary/aromatic N) is 1. The summed E-state index contributed by atoms with van der Waals surface area (Å²) in [5, 5.41) is 0. The highest BCUT2D eigenvalue weighted by Gasteiger charge is 2.20. The standard InChI is InChI=1S/C29H30N/c1-19-10-13-24(14-11-19)25-16-22(4)28(23(5)17-25)26-9-7-8-21(3)29(26)27-15-12-20(2)18-30(27)6/h7-18H,1-6H3/q+1/i2D3,4D3,5D3. The topological polar surface area (TPSA) is 3.88 Å². The summed E-state index contributed by atoms with van der Waals surface area (Å²) in [5.74, 6) is 0. The number of aromatic nitrogens is 1. The van der Waals surface area contributed by atoms with E-state index < -0.39 is 20.6 Å². The maximum absolute atomic E-state index is 8.41. The van der Waals surface area contributed by atoms with E-state index >= 15 is 0 Å². The second-order valence-electron chi connectivity index (χ2n) is 7.72. The Kier molecular flexibility index (Phi) is 3.13. The van der Waals surface area contributed by atoms with Gasteiger partial charge in [-0.25, -0.2) is 4.57 Å². The Hall–Kier alpha value is -3.19. The van der Waals surface area contributed by atoms with Gasteiger partial charge in [0.15, 0.2) is 6.20 Å². The van der Waals surface area contributed by atoms with Crippen molar-refractivity contribution in [1.29, 1.82) is 0 Å². The molecule has 30 heavy (non-hydrogen) atoms. The molecule has 0 aliphatic heterocycles. The fourth-order valence-corrected chi connectivity index (χ4v) is 3.93. The molecule has 0 saturated heterocycles. The Balaban J connectivity index is 2.10. The molecule has 0 aliphatic rings. The smallest absolute Gasteiger partial charge is 0.201 e. The fourth-order valence-electron chi connectivity index (χ4n) is 3.93. The van der Waals surface area contributed by atoms with E-state index in [1.807, 2.05) is 44.2 Å². The third kappa shape index (κ3) is 3.68. The summed E-state index contributed by atoms with van der Waals surface area (Å²) in [6, 6.07) is 19.2. The van der Waals surface area contributed by atoms with Gasteiger partial charge in [0.1, 0.15) is 7.05 Å². The van der Waals surface area contributed by atoms with Crippen LogP contribution in [0.25, 0.3) is 33.5 Å². The lowest BCUT2D eigenvalue weighted by atomic mass is 9.86. The molecular weight excluding hydrogens is 362 g/mol. The van der Waals surface area contributed by atoms with Crippen LogP contribution in [0.2, 0.25) is 0 Å². The van der Waals surface area contributed by atoms with Crippen molar-refractivity contribution >= 4 is 0 Å². The van der Waals surface area contributed by atoms with E-state index in [0.717, 1.165) is 16.7 Å². The first-order valence-electron chi connectivity index (χ1n) is 14.3. The first-order valence-corrected chi connectivity index (χ1v) is 9.85. The average molecular weight is 402 g/mol. The van der Waals surface area contributed by atoms with Crippen LogP contribution >= 0.6 is 0 Å². The molecule has 0 fully saturated rings. The third-order valence-corrected chi connectivity index (χ3v) is 5.46. The third-order valence-electron chi connectivity index (χ3n) is 5.46. The van der Waals surface area contributed by atoms with Crippen LogP contribution in [-0.2, 0) is 7.05 Å². The molecule has 0 saturated carbocycles. The van der Waals surface area contributed by atoms with E-state index in [2.05, 4.69) is 0 Å². The molecule has 4 aromatic rings. The van der Waals surface area contributed by atoms with Gasteiger partial charge in [0.05, 0.1) is 5.56 Å². The number of benzene rings is 3. The largest absolute Gasteiger partial charge is 0.213 e. The van der Waals surface area contributed by atoms with Crippen molar-refractivity contribution in [3.05, 3.63) is 101 Å². The number of pyridine rings is 1. The Morgan fingerprint density at radius 3 is 2.00 bits per heavy atom. The van der Waals surface area contributed by atoms with Crippen molar-refractivity contribution in [3.8, 4) is 33.5 Å². The molecule has 1 heterocycles. The molecule has 1 nitrogen and oxygen atoms in total. The molecular formula is C29H30N+. The van der Waals surface area contributed by atoms with Gasteiger partial charge in [-0.15, -0.1) is 0 Å². The van der Waals surface area contributed by atoms with Crippen LogP contribution in [0.5, 0.6) is 0 Å². The zero-order valence-electron chi connectivity index (χ0n) is 26.4. The van der Waals surface area contributed by atoms with Gasteiger partial charge in [-0.3, -0.25) is 0 Å². The van der Waals surface area contributed by atoms with E-state index in [9.17, 15) is 0 Å². The van der Waals surface area contributed by atoms with Gasteiger partial charge in [-0.2, -0.15) is 0 Å². The summed E-state index contributed by atoms with van der Waals surface area (Å²) < 4.78 is 75.4. The number of hydrogen-bond acceptors (Lipinski definition) is 0. The van der Waals surface area contributed by atoms with Crippen LogP contribution in [0.1, 0.15) is 40.2 Å². The van der Waals surface area contributed by atoms with Crippen LogP contribution in [0.15, 0.2) is 72.9 Å². The molecule has 4 rings (SSSR count). The molecule has 1 heteroatoms. The van der Waals surface area contributed by atoms with Crippen molar-refractivity contribution in [3.63, 3.8) is 0 Å². The maximum Gasteiger partial charge on any atom is 0.213 e. The van der Waals surface area contributed by atoms with Crippen molar-refractivity contribution < 1.29 is 16.9 Å². The lowest BCUT2D eigenvalue weighted by Gasteiger charge is -2.17. The number of aryl methyl sites for hydroxylation is 6. The summed E-state index contributed by atoms with van der Waals surface area (Å²) >= 11 is 0. The van der Waals surface area contributed by atoms with Crippen molar-refractivity contribution in [1.82, 2.24) is 0 Å². The molecule has 0 bridgehead atoms. The summed E-state index contributed by atoms with van der Waals surface area (Å²) in [6.07, 6.45) is 1.52. The van der Waals surface area contributed by atoms with E-state index in [1.165, 1.54) is 12.3 Å². The quantitative estimate of drug-likeness (QED) is 0.324. The molecule has 0 atom stereocenters. The van der Waals surface area contributed by atoms with Crippen LogP contribution in [-0.4, -0.2) is 0 Å². The predicted octanol–water partition coefficient (Wildman–Crippen LogP) is 7.05. The molecule has 150 valence electrons. The lowest BCUT2D eigenvalue weighted by Crippen LogP contribution is -2.31. The lowest BCUT2D eigenvalue weighted by molar-refractivity contribution is -0.660. The molecule has 1 aromatic heterocycles. The molecule has 0 radical (unpaired) electrons. The minimum Gasteiger partial charge on any atom is -0.201 e. The average Bonchev–Trinajstić information content (AvgIpc) is 2.82. The summed E-state index contributed by atoms with van der Waals surface area (Å²) in [6.45, 7) is -3.70. The molecule has 0 amide bonds. The number of hydrogen-bond donors (Lipinski definition) is 0. The SMILES string of the molecule is [2H]C([2H])([2H])c1ccc(-c2c(C)cccc2-c2c(C([2H])([2H])[2H])cc(-c3ccc(C)cc3)cc2C([2H])([2H])[2H])[n+](C)c1. The molecule has 3 aromatic carbocycles. The molecule has 0 aliphatic carbocycles. The predicted molar refractivity (Wildman–Crippen MR) is 128 cm³/mol. The minimum absolute atomic E-state index is 0.0553. The first-order chi connectivity index (χ1) is 18.0. The van der Waals surface area contributed by atoms with Crippen molar-refractivity contribution in [2.45, 2.75) is 34.4 Å². The van der Waals surface area contributed by atoms with Gasteiger partial charge in [0.2, 0.25) is 5.69 Å². The zero-order chi connectivity index (χ0) is 28.9. The first kappa shape index (κ1) is 11.9. The van der Waals surface area contributed by atoms with E-state index in [-0.39, 0.29) is 22.3 Å². The van der Waals surface area contributed by atoms with Crippen molar-refractivity contribution in [2.24, 2.45) is 7.05 Å². The zero-order valence-corrected chi connectivity index (χ0v) is 17.4. The Bertz CT molecular complexity index is 1490. The normalized spacial score (nSPS) is 16.7. The van der Waals surface area contributed by atoms with Gasteiger partial charge in [0, 0.05) is 24.0 Å². The van der Waals surface area contributed by atoms with Gasteiger partial charge < -0.3 is 0 Å². The Labute approximate surface area is 193 Å². The van der Waals surface area contributed by atoms with E-state index in [4.69, 9.17) is 12.3 Å². The van der Waals surface area contributed by atoms with Crippen LogP contribution in [0.4, 0.5) is 0 Å². The Morgan fingerprint density at radius 1 is 0.667 bits per heavy atom. The monoisotopic (exact) mass is 401 g/mol. The Morgan fingerprint density at radius 2 is 1.37 bits per heavy atom. The van der Waals surface area contributed by atoms with E-state index in [1.54, 1.807) is 41.9 Å². The fraction of sp³-hybridized carbons (Fsp3) is 0.207. The van der Waals surface area contributed by atoms with E-state index in [0.29, 0.717) is 22.4 Å². The second-order valence-corrected chi connectivity index (χ2v) is 7.72. The molecule has 0 spiro atoms. The minimum atomic E-state index is -2.61. The van der Waals surface area contributed by atoms with Crippen molar-refractivity contribution in [2.75, 3.05) is 0 Å².